The Balaban J connectivity index is 2.46. The van der Waals surface area contributed by atoms with Crippen molar-refractivity contribution in [3.05, 3.63) is 23.8 Å². The van der Waals surface area contributed by atoms with Gasteiger partial charge in [-0.2, -0.15) is 0 Å². The van der Waals surface area contributed by atoms with Gasteiger partial charge in [0.05, 0.1) is 12.8 Å². The smallest absolute Gasteiger partial charge is 0.142 e. The Morgan fingerprint density at radius 3 is 2.75 bits per heavy atom. The van der Waals surface area contributed by atoms with Crippen molar-refractivity contribution in [1.82, 2.24) is 0 Å². The van der Waals surface area contributed by atoms with Crippen LogP contribution in [0.4, 0.5) is 5.69 Å². The summed E-state index contributed by atoms with van der Waals surface area (Å²) in [6.07, 6.45) is 2.49. The molecule has 2 atom stereocenters. The predicted octanol–water partition coefficient (Wildman–Crippen LogP) is 3.42. The summed E-state index contributed by atoms with van der Waals surface area (Å²) in [7, 11) is 3.92. The zero-order valence-electron chi connectivity index (χ0n) is 10.7. The first kappa shape index (κ1) is 11.3. The van der Waals surface area contributed by atoms with E-state index in [1.807, 2.05) is 0 Å². The van der Waals surface area contributed by atoms with E-state index in [1.54, 1.807) is 7.11 Å². The lowest BCUT2D eigenvalue weighted by Crippen LogP contribution is -2.27. The van der Waals surface area contributed by atoms with E-state index < -0.39 is 0 Å². The zero-order valence-corrected chi connectivity index (χ0v) is 10.7. The highest BCUT2D eigenvalue weighted by molar-refractivity contribution is 5.69. The largest absolute Gasteiger partial charge is 0.495 e. The highest BCUT2D eigenvalue weighted by Gasteiger charge is 2.34. The van der Waals surface area contributed by atoms with Crippen molar-refractivity contribution in [2.45, 2.75) is 38.6 Å². The number of fused-ring (bicyclic) bond motifs is 1. The first-order valence-electron chi connectivity index (χ1n) is 6.10. The van der Waals surface area contributed by atoms with Crippen LogP contribution in [0, 0.1) is 0 Å². The van der Waals surface area contributed by atoms with Crippen LogP contribution in [0.15, 0.2) is 18.2 Å². The van der Waals surface area contributed by atoms with Crippen LogP contribution in [0.3, 0.4) is 0 Å². The molecule has 0 saturated heterocycles. The van der Waals surface area contributed by atoms with Gasteiger partial charge in [-0.25, -0.2) is 0 Å². The van der Waals surface area contributed by atoms with Gasteiger partial charge in [0.25, 0.3) is 0 Å². The molecule has 1 aromatic carbocycles. The molecule has 0 fully saturated rings. The fraction of sp³-hybridized carbons (Fsp3) is 0.571. The summed E-state index contributed by atoms with van der Waals surface area (Å²) in [5.74, 6) is 1.66. The Labute approximate surface area is 98.2 Å². The topological polar surface area (TPSA) is 12.5 Å². The molecule has 2 nitrogen and oxygen atoms in total. The van der Waals surface area contributed by atoms with E-state index >= 15 is 0 Å². The lowest BCUT2D eigenvalue weighted by Gasteiger charge is -2.23. The van der Waals surface area contributed by atoms with Crippen molar-refractivity contribution in [2.24, 2.45) is 0 Å². The maximum absolute atomic E-state index is 5.46. The highest BCUT2D eigenvalue weighted by atomic mass is 16.5. The molecule has 16 heavy (non-hydrogen) atoms. The standard InChI is InChI=1S/C14H21NO/c1-5-7-11-10(2)15(3)14-12(11)8-6-9-13(14)16-4/h6,8-11H,5,7H2,1-4H3. The van der Waals surface area contributed by atoms with Crippen molar-refractivity contribution in [3.8, 4) is 5.75 Å². The van der Waals surface area contributed by atoms with Gasteiger partial charge in [-0.15, -0.1) is 0 Å². The number of nitrogens with zero attached hydrogens (tertiary/aromatic N) is 1. The monoisotopic (exact) mass is 219 g/mol. The molecule has 0 aromatic heterocycles. The molecular weight excluding hydrogens is 198 g/mol. The van der Waals surface area contributed by atoms with Crippen molar-refractivity contribution in [1.29, 1.82) is 0 Å². The number of likely N-dealkylation sites (N-methyl/N-ethyl adjacent to an activating group) is 1. The third-order valence-electron chi connectivity index (χ3n) is 3.80. The van der Waals surface area contributed by atoms with Crippen LogP contribution >= 0.6 is 0 Å². The van der Waals surface area contributed by atoms with Crippen LogP contribution in [0.2, 0.25) is 0 Å². The van der Waals surface area contributed by atoms with Gasteiger partial charge >= 0.3 is 0 Å². The molecule has 0 amide bonds. The molecule has 2 heteroatoms. The SMILES string of the molecule is CCCC1c2cccc(OC)c2N(C)C1C. The number of para-hydroxylation sites is 1. The second-order valence-electron chi connectivity index (χ2n) is 4.64. The van der Waals surface area contributed by atoms with E-state index in [1.165, 1.54) is 24.1 Å². The minimum Gasteiger partial charge on any atom is -0.495 e. The highest BCUT2D eigenvalue weighted by Crippen LogP contribution is 2.46. The fourth-order valence-corrected chi connectivity index (χ4v) is 2.82. The quantitative estimate of drug-likeness (QED) is 0.772. The fourth-order valence-electron chi connectivity index (χ4n) is 2.82. The second kappa shape index (κ2) is 4.36. The lowest BCUT2D eigenvalue weighted by atomic mass is 9.91. The Morgan fingerprint density at radius 1 is 1.38 bits per heavy atom. The molecular formula is C14H21NO. The summed E-state index contributed by atoms with van der Waals surface area (Å²) >= 11 is 0. The lowest BCUT2D eigenvalue weighted by molar-refractivity contribution is 0.415. The van der Waals surface area contributed by atoms with Crippen LogP contribution < -0.4 is 9.64 Å². The van der Waals surface area contributed by atoms with Crippen molar-refractivity contribution < 1.29 is 4.74 Å². The van der Waals surface area contributed by atoms with Gasteiger partial charge in [0.1, 0.15) is 5.75 Å². The van der Waals surface area contributed by atoms with Gasteiger partial charge < -0.3 is 9.64 Å². The Morgan fingerprint density at radius 2 is 2.12 bits per heavy atom. The van der Waals surface area contributed by atoms with Crippen LogP contribution in [0.5, 0.6) is 5.75 Å². The van der Waals surface area contributed by atoms with E-state index in [9.17, 15) is 0 Å². The molecule has 0 saturated carbocycles. The van der Waals surface area contributed by atoms with Crippen molar-refractivity contribution in [2.75, 3.05) is 19.1 Å². The van der Waals surface area contributed by atoms with Gasteiger partial charge in [-0.1, -0.05) is 25.5 Å². The van der Waals surface area contributed by atoms with Crippen LogP contribution in [-0.2, 0) is 0 Å². The van der Waals surface area contributed by atoms with E-state index in [0.717, 1.165) is 5.75 Å². The van der Waals surface area contributed by atoms with Gasteiger partial charge in [0.15, 0.2) is 0 Å². The maximum Gasteiger partial charge on any atom is 0.142 e. The van der Waals surface area contributed by atoms with E-state index in [0.29, 0.717) is 12.0 Å². The number of ether oxygens (including phenoxy) is 1. The molecule has 0 aliphatic carbocycles. The molecule has 0 spiro atoms. The Kier molecular flexibility index (Phi) is 3.08. The minimum absolute atomic E-state index is 0.575. The first-order valence-corrected chi connectivity index (χ1v) is 6.10. The zero-order chi connectivity index (χ0) is 11.7. The molecule has 1 aromatic rings. The van der Waals surface area contributed by atoms with Crippen LogP contribution in [-0.4, -0.2) is 20.2 Å². The van der Waals surface area contributed by atoms with Crippen molar-refractivity contribution >= 4 is 5.69 Å². The van der Waals surface area contributed by atoms with Crippen LogP contribution in [0.25, 0.3) is 0 Å². The number of anilines is 1. The third-order valence-corrected chi connectivity index (χ3v) is 3.80. The summed E-state index contributed by atoms with van der Waals surface area (Å²) in [5.41, 5.74) is 2.74. The third kappa shape index (κ3) is 1.57. The minimum atomic E-state index is 0.575. The summed E-state index contributed by atoms with van der Waals surface area (Å²) in [4.78, 5) is 2.36. The van der Waals surface area contributed by atoms with Gasteiger partial charge in [-0.3, -0.25) is 0 Å². The summed E-state index contributed by atoms with van der Waals surface area (Å²) in [6.45, 7) is 4.56. The number of hydrogen-bond donors (Lipinski definition) is 0. The number of rotatable bonds is 3. The summed E-state index contributed by atoms with van der Waals surface area (Å²) in [5, 5.41) is 0. The van der Waals surface area contributed by atoms with Gasteiger partial charge in [-0.05, 0) is 25.0 Å². The maximum atomic E-state index is 5.46. The first-order chi connectivity index (χ1) is 7.70. The summed E-state index contributed by atoms with van der Waals surface area (Å²) in [6, 6.07) is 6.98. The van der Waals surface area contributed by atoms with Crippen molar-refractivity contribution in [3.63, 3.8) is 0 Å². The molecule has 88 valence electrons. The Bertz CT molecular complexity index is 375. The number of benzene rings is 1. The molecule has 2 unspecified atom stereocenters. The van der Waals surface area contributed by atoms with Gasteiger partial charge in [0.2, 0.25) is 0 Å². The molecule has 1 aliphatic rings. The average molecular weight is 219 g/mol. The average Bonchev–Trinajstić information content (AvgIpc) is 2.55. The summed E-state index contributed by atoms with van der Waals surface area (Å²) < 4.78 is 5.46. The molecule has 0 bridgehead atoms. The molecule has 0 radical (unpaired) electrons. The Hall–Kier alpha value is -1.18. The normalized spacial score (nSPS) is 23.4. The van der Waals surface area contributed by atoms with E-state index in [2.05, 4.69) is 44.0 Å². The van der Waals surface area contributed by atoms with E-state index in [4.69, 9.17) is 4.74 Å². The molecule has 2 rings (SSSR count). The molecule has 1 aliphatic heterocycles. The van der Waals surface area contributed by atoms with Gasteiger partial charge in [0, 0.05) is 19.0 Å². The van der Waals surface area contributed by atoms with E-state index in [-0.39, 0.29) is 0 Å². The number of hydrogen-bond acceptors (Lipinski definition) is 2. The second-order valence-corrected chi connectivity index (χ2v) is 4.64. The molecule has 1 heterocycles. The predicted molar refractivity (Wildman–Crippen MR) is 68.5 cm³/mol. The molecule has 0 N–H and O–H groups in total. The van der Waals surface area contributed by atoms with Crippen LogP contribution in [0.1, 0.15) is 38.2 Å². The number of methoxy groups -OCH3 is 1.